The van der Waals surface area contributed by atoms with E-state index in [1.54, 1.807) is 0 Å². The zero-order valence-corrected chi connectivity index (χ0v) is 20.0. The summed E-state index contributed by atoms with van der Waals surface area (Å²) in [4.78, 5) is 51.5. The molecule has 9 nitrogen and oxygen atoms in total. The highest BCUT2D eigenvalue weighted by Gasteiger charge is 2.39. The second-order valence-electron chi connectivity index (χ2n) is 8.83. The smallest absolute Gasteiger partial charge is 0.326 e. The number of hydrogen-bond donors (Lipinski definition) is 4. The number of carbonyl (C=O) groups is 4. The van der Waals surface area contributed by atoms with Crippen LogP contribution in [-0.4, -0.2) is 76.4 Å². The number of nitrogens with one attached hydrogen (secondary N) is 2. The molecule has 0 aromatic carbocycles. The molecule has 0 aromatic rings. The molecule has 178 valence electrons. The molecule has 31 heavy (non-hydrogen) atoms. The molecule has 4 atom stereocenters. The van der Waals surface area contributed by atoms with Crippen LogP contribution in [-0.2, 0) is 19.2 Å². The lowest BCUT2D eigenvalue weighted by Crippen LogP contribution is -2.57. The van der Waals surface area contributed by atoms with E-state index in [9.17, 15) is 24.3 Å². The van der Waals surface area contributed by atoms with Crippen molar-refractivity contribution in [1.29, 1.82) is 0 Å². The van der Waals surface area contributed by atoms with Crippen molar-refractivity contribution in [3.63, 3.8) is 0 Å². The molecule has 5 N–H and O–H groups in total. The van der Waals surface area contributed by atoms with Crippen LogP contribution in [0.15, 0.2) is 0 Å². The monoisotopic (exact) mass is 458 g/mol. The first-order valence-electron chi connectivity index (χ1n) is 10.9. The van der Waals surface area contributed by atoms with Gasteiger partial charge in [-0.2, -0.15) is 11.8 Å². The van der Waals surface area contributed by atoms with E-state index in [2.05, 4.69) is 10.6 Å². The molecular weight excluding hydrogens is 420 g/mol. The number of carbonyl (C=O) groups excluding carboxylic acids is 3. The van der Waals surface area contributed by atoms with Crippen molar-refractivity contribution >= 4 is 35.5 Å². The summed E-state index contributed by atoms with van der Waals surface area (Å²) in [6.07, 6.45) is 3.70. The van der Waals surface area contributed by atoms with Crippen LogP contribution in [0.3, 0.4) is 0 Å². The number of nitrogens with two attached hydrogens (primary N) is 1. The summed E-state index contributed by atoms with van der Waals surface area (Å²) in [5.41, 5.74) is 5.93. The second-order valence-corrected chi connectivity index (χ2v) is 9.82. The molecule has 1 heterocycles. The molecule has 1 fully saturated rings. The number of amides is 3. The molecule has 0 saturated carbocycles. The van der Waals surface area contributed by atoms with Gasteiger partial charge in [-0.25, -0.2) is 4.79 Å². The van der Waals surface area contributed by atoms with Gasteiger partial charge in [0.15, 0.2) is 0 Å². The highest BCUT2D eigenvalue weighted by atomic mass is 32.2. The maximum atomic E-state index is 13.3. The molecule has 0 spiro atoms. The van der Waals surface area contributed by atoms with E-state index in [0.717, 1.165) is 0 Å². The average molecular weight is 459 g/mol. The van der Waals surface area contributed by atoms with Gasteiger partial charge in [0.05, 0.1) is 6.04 Å². The molecule has 1 aliphatic rings. The van der Waals surface area contributed by atoms with Crippen LogP contribution in [0.1, 0.15) is 53.4 Å². The van der Waals surface area contributed by atoms with E-state index in [0.29, 0.717) is 38.0 Å². The summed E-state index contributed by atoms with van der Waals surface area (Å²) in [5, 5.41) is 14.7. The van der Waals surface area contributed by atoms with Gasteiger partial charge in [0.2, 0.25) is 17.7 Å². The van der Waals surface area contributed by atoms with Gasteiger partial charge in [-0.15, -0.1) is 0 Å². The van der Waals surface area contributed by atoms with E-state index < -0.39 is 42.0 Å². The van der Waals surface area contributed by atoms with Crippen LogP contribution in [0.25, 0.3) is 0 Å². The lowest BCUT2D eigenvalue weighted by atomic mass is 10.00. The highest BCUT2D eigenvalue weighted by molar-refractivity contribution is 7.98. The fraction of sp³-hybridized carbons (Fsp3) is 0.810. The number of aliphatic carboxylic acids is 1. The van der Waals surface area contributed by atoms with Gasteiger partial charge >= 0.3 is 5.97 Å². The van der Waals surface area contributed by atoms with Gasteiger partial charge in [0, 0.05) is 6.54 Å². The van der Waals surface area contributed by atoms with Crippen molar-refractivity contribution in [1.82, 2.24) is 15.5 Å². The van der Waals surface area contributed by atoms with E-state index >= 15 is 0 Å². The minimum absolute atomic E-state index is 0.0747. The molecule has 1 rings (SSSR count). The van der Waals surface area contributed by atoms with Crippen LogP contribution in [0, 0.1) is 11.8 Å². The Labute approximate surface area is 189 Å². The summed E-state index contributed by atoms with van der Waals surface area (Å²) in [5.74, 6) is -1.61. The van der Waals surface area contributed by atoms with Crippen LogP contribution in [0.4, 0.5) is 0 Å². The largest absolute Gasteiger partial charge is 0.480 e. The van der Waals surface area contributed by atoms with Gasteiger partial charge in [0.1, 0.15) is 18.1 Å². The molecule has 3 amide bonds. The molecule has 4 unspecified atom stereocenters. The third-order valence-corrected chi connectivity index (χ3v) is 6.05. The van der Waals surface area contributed by atoms with Crippen LogP contribution in [0.2, 0.25) is 0 Å². The number of thioether (sulfide) groups is 1. The topological polar surface area (TPSA) is 142 Å². The van der Waals surface area contributed by atoms with E-state index in [-0.39, 0.29) is 17.7 Å². The van der Waals surface area contributed by atoms with E-state index in [4.69, 9.17) is 5.73 Å². The lowest BCUT2D eigenvalue weighted by Gasteiger charge is -2.31. The van der Waals surface area contributed by atoms with Crippen molar-refractivity contribution in [2.45, 2.75) is 77.5 Å². The number of rotatable bonds is 12. The normalized spacial score (nSPS) is 19.2. The Morgan fingerprint density at radius 2 is 1.77 bits per heavy atom. The van der Waals surface area contributed by atoms with Crippen LogP contribution >= 0.6 is 11.8 Å². The third kappa shape index (κ3) is 8.33. The molecule has 0 bridgehead atoms. The van der Waals surface area contributed by atoms with Gasteiger partial charge in [-0.1, -0.05) is 27.7 Å². The maximum absolute atomic E-state index is 13.3. The molecule has 0 radical (unpaired) electrons. The Kier molecular flexibility index (Phi) is 11.3. The molecule has 1 aliphatic heterocycles. The number of carboxylic acids is 1. The predicted octanol–water partition coefficient (Wildman–Crippen LogP) is 0.814. The van der Waals surface area contributed by atoms with Crippen LogP contribution < -0.4 is 16.4 Å². The molecule has 1 saturated heterocycles. The SMILES string of the molecule is CSCCC(NC(=O)C1CCCN1C(=O)C(CC(C)C)NC(=O)C(N)C(C)C)C(=O)O. The van der Waals surface area contributed by atoms with Crippen molar-refractivity contribution in [3.8, 4) is 0 Å². The van der Waals surface area contributed by atoms with Gasteiger partial charge in [-0.3, -0.25) is 14.4 Å². The summed E-state index contributed by atoms with van der Waals surface area (Å²) in [7, 11) is 0. The van der Waals surface area contributed by atoms with Crippen LogP contribution in [0.5, 0.6) is 0 Å². The quantitative estimate of drug-likeness (QED) is 0.339. The highest BCUT2D eigenvalue weighted by Crippen LogP contribution is 2.21. The molecular formula is C21H38N4O5S. The first kappa shape index (κ1) is 27.2. The van der Waals surface area contributed by atoms with Crippen molar-refractivity contribution < 1.29 is 24.3 Å². The first-order chi connectivity index (χ1) is 14.5. The minimum atomic E-state index is -1.09. The van der Waals surface area contributed by atoms with E-state index in [1.165, 1.54) is 16.7 Å². The Hall–Kier alpha value is -1.81. The number of nitrogens with zero attached hydrogens (tertiary/aromatic N) is 1. The van der Waals surface area contributed by atoms with Gasteiger partial charge in [0.25, 0.3) is 0 Å². The van der Waals surface area contributed by atoms with Crippen molar-refractivity contribution in [3.05, 3.63) is 0 Å². The van der Waals surface area contributed by atoms with Gasteiger partial charge in [-0.05, 0) is 49.5 Å². The number of likely N-dealkylation sites (tertiary alicyclic amines) is 1. The number of hydrogen-bond acceptors (Lipinski definition) is 6. The fourth-order valence-electron chi connectivity index (χ4n) is 3.53. The lowest BCUT2D eigenvalue weighted by molar-refractivity contribution is -0.145. The first-order valence-corrected chi connectivity index (χ1v) is 12.3. The third-order valence-electron chi connectivity index (χ3n) is 5.41. The van der Waals surface area contributed by atoms with Gasteiger partial charge < -0.3 is 26.4 Å². The minimum Gasteiger partial charge on any atom is -0.480 e. The predicted molar refractivity (Wildman–Crippen MR) is 121 cm³/mol. The Bertz CT molecular complexity index is 643. The number of carboxylic acid groups (broad SMARTS) is 1. The Morgan fingerprint density at radius 3 is 2.29 bits per heavy atom. The summed E-state index contributed by atoms with van der Waals surface area (Å²) in [6, 6.07) is -3.24. The fourth-order valence-corrected chi connectivity index (χ4v) is 4.00. The summed E-state index contributed by atoms with van der Waals surface area (Å²) < 4.78 is 0. The standard InChI is InChI=1S/C21H38N4O5S/c1-12(2)11-15(24-19(27)17(22)13(3)4)20(28)25-9-6-7-16(25)18(26)23-14(21(29)30)8-10-31-5/h12-17H,6-11,22H2,1-5H3,(H,23,26)(H,24,27)(H,29,30). The molecule has 0 aromatic heterocycles. The van der Waals surface area contributed by atoms with Crippen molar-refractivity contribution in [2.75, 3.05) is 18.6 Å². The zero-order chi connectivity index (χ0) is 23.7. The average Bonchev–Trinajstić information content (AvgIpc) is 3.18. The Morgan fingerprint density at radius 1 is 1.13 bits per heavy atom. The summed E-state index contributed by atoms with van der Waals surface area (Å²) >= 11 is 1.50. The zero-order valence-electron chi connectivity index (χ0n) is 19.2. The van der Waals surface area contributed by atoms with E-state index in [1.807, 2.05) is 34.0 Å². The molecule has 10 heteroatoms. The maximum Gasteiger partial charge on any atom is 0.326 e. The van der Waals surface area contributed by atoms with Crippen molar-refractivity contribution in [2.24, 2.45) is 17.6 Å². The summed E-state index contributed by atoms with van der Waals surface area (Å²) in [6.45, 7) is 7.96. The molecule has 0 aliphatic carbocycles. The second kappa shape index (κ2) is 12.9. The Balaban J connectivity index is 2.93.